The molecule has 5 nitrogen and oxygen atoms in total. The van der Waals surface area contributed by atoms with E-state index in [1.165, 1.54) is 0 Å². The lowest BCUT2D eigenvalue weighted by Crippen LogP contribution is -2.53. The number of rotatable bonds is 4. The molecule has 0 atom stereocenters. The Kier molecular flexibility index (Phi) is 4.33. The SMILES string of the molecule is O=C(c1nccc2sc(NCc3cccc(Cl)c3)cc12)N1CC(O)C1. The fourth-order valence-electron chi connectivity index (χ4n) is 2.83. The molecule has 0 spiro atoms. The molecule has 4 rings (SSSR count). The van der Waals surface area contributed by atoms with E-state index >= 15 is 0 Å². The highest BCUT2D eigenvalue weighted by atomic mass is 35.5. The Hall–Kier alpha value is -2.15. The van der Waals surface area contributed by atoms with Crippen molar-refractivity contribution in [2.75, 3.05) is 18.4 Å². The highest BCUT2D eigenvalue weighted by Gasteiger charge is 2.31. The minimum absolute atomic E-state index is 0.130. The summed E-state index contributed by atoms with van der Waals surface area (Å²) in [5.41, 5.74) is 1.53. The van der Waals surface area contributed by atoms with Crippen molar-refractivity contribution >= 4 is 43.9 Å². The molecule has 1 aliphatic rings. The number of aliphatic hydroxyl groups excluding tert-OH is 1. The van der Waals surface area contributed by atoms with Crippen LogP contribution in [0.2, 0.25) is 5.02 Å². The number of hydrogen-bond donors (Lipinski definition) is 2. The Morgan fingerprint density at radius 3 is 2.96 bits per heavy atom. The lowest BCUT2D eigenvalue weighted by molar-refractivity contribution is 0.00565. The second-order valence-electron chi connectivity index (χ2n) is 6.03. The van der Waals surface area contributed by atoms with E-state index < -0.39 is 6.10 Å². The van der Waals surface area contributed by atoms with Gasteiger partial charge in [-0.3, -0.25) is 9.78 Å². The number of hydrogen-bond acceptors (Lipinski definition) is 5. The van der Waals surface area contributed by atoms with Crippen LogP contribution in [0.3, 0.4) is 0 Å². The van der Waals surface area contributed by atoms with Gasteiger partial charge in [0.05, 0.1) is 11.1 Å². The highest BCUT2D eigenvalue weighted by molar-refractivity contribution is 7.22. The van der Waals surface area contributed by atoms with Crippen LogP contribution in [-0.2, 0) is 6.54 Å². The fraction of sp³-hybridized carbons (Fsp3) is 0.222. The summed E-state index contributed by atoms with van der Waals surface area (Å²) in [6, 6.07) is 11.6. The standard InChI is InChI=1S/C18H16ClN3O2S/c19-12-3-1-2-11(6-12)8-21-16-7-14-15(25-16)4-5-20-17(14)18(24)22-9-13(23)10-22/h1-7,13,21,23H,8-10H2. The Bertz CT molecular complexity index is 937. The van der Waals surface area contributed by atoms with Crippen molar-refractivity contribution in [3.05, 3.63) is 58.9 Å². The molecule has 1 saturated heterocycles. The van der Waals surface area contributed by atoms with Crippen molar-refractivity contribution in [2.24, 2.45) is 0 Å². The van der Waals surface area contributed by atoms with Crippen LogP contribution in [0, 0.1) is 0 Å². The lowest BCUT2D eigenvalue weighted by atomic mass is 10.1. The number of benzene rings is 1. The van der Waals surface area contributed by atoms with Gasteiger partial charge in [0.15, 0.2) is 0 Å². The van der Waals surface area contributed by atoms with E-state index in [1.807, 2.05) is 36.4 Å². The van der Waals surface area contributed by atoms with Gasteiger partial charge in [0, 0.05) is 40.9 Å². The predicted octanol–water partition coefficient (Wildman–Crippen LogP) is 3.38. The average molecular weight is 374 g/mol. The van der Waals surface area contributed by atoms with Gasteiger partial charge in [-0.05, 0) is 29.8 Å². The molecule has 1 fully saturated rings. The summed E-state index contributed by atoms with van der Waals surface area (Å²) >= 11 is 7.60. The summed E-state index contributed by atoms with van der Waals surface area (Å²) < 4.78 is 1.01. The second kappa shape index (κ2) is 6.63. The number of β-amino-alcohol motifs (C(OH)–C–C–N with tert-alkyl or cyclic N) is 1. The molecule has 3 heterocycles. The first kappa shape index (κ1) is 16.3. The maximum absolute atomic E-state index is 12.5. The van der Waals surface area contributed by atoms with Crippen LogP contribution >= 0.6 is 22.9 Å². The minimum atomic E-state index is -0.416. The van der Waals surface area contributed by atoms with E-state index in [4.69, 9.17) is 11.6 Å². The average Bonchev–Trinajstić information content (AvgIpc) is 2.99. The molecule has 0 unspecified atom stereocenters. The Morgan fingerprint density at radius 2 is 2.20 bits per heavy atom. The van der Waals surface area contributed by atoms with Gasteiger partial charge < -0.3 is 15.3 Å². The zero-order valence-electron chi connectivity index (χ0n) is 13.3. The van der Waals surface area contributed by atoms with E-state index in [0.29, 0.717) is 30.4 Å². The molecule has 1 aromatic carbocycles. The van der Waals surface area contributed by atoms with Crippen molar-refractivity contribution in [3.63, 3.8) is 0 Å². The zero-order valence-corrected chi connectivity index (χ0v) is 14.8. The topological polar surface area (TPSA) is 65.5 Å². The Balaban J connectivity index is 1.55. The number of carbonyl (C=O) groups is 1. The first-order valence-corrected chi connectivity index (χ1v) is 9.14. The maximum Gasteiger partial charge on any atom is 0.273 e. The molecule has 0 saturated carbocycles. The molecule has 0 aliphatic carbocycles. The number of nitrogens with one attached hydrogen (secondary N) is 1. The number of likely N-dealkylation sites (tertiary alicyclic amines) is 1. The number of nitrogens with zero attached hydrogens (tertiary/aromatic N) is 2. The van der Waals surface area contributed by atoms with Crippen molar-refractivity contribution in [1.82, 2.24) is 9.88 Å². The summed E-state index contributed by atoms with van der Waals surface area (Å²) in [7, 11) is 0. The van der Waals surface area contributed by atoms with Gasteiger partial charge in [-0.1, -0.05) is 23.7 Å². The van der Waals surface area contributed by atoms with E-state index in [0.717, 1.165) is 20.7 Å². The van der Waals surface area contributed by atoms with Gasteiger partial charge in [0.2, 0.25) is 0 Å². The van der Waals surface area contributed by atoms with Crippen LogP contribution in [0.4, 0.5) is 5.00 Å². The van der Waals surface area contributed by atoms with Gasteiger partial charge in [-0.25, -0.2) is 0 Å². The van der Waals surface area contributed by atoms with Crippen molar-refractivity contribution in [1.29, 1.82) is 0 Å². The van der Waals surface area contributed by atoms with Gasteiger partial charge >= 0.3 is 0 Å². The van der Waals surface area contributed by atoms with Crippen LogP contribution in [-0.4, -0.2) is 40.1 Å². The first-order chi connectivity index (χ1) is 12.1. The third-order valence-corrected chi connectivity index (χ3v) is 5.45. The number of amides is 1. The summed E-state index contributed by atoms with van der Waals surface area (Å²) in [4.78, 5) is 18.4. The van der Waals surface area contributed by atoms with Gasteiger partial charge in [0.25, 0.3) is 5.91 Å². The lowest BCUT2D eigenvalue weighted by Gasteiger charge is -2.35. The Morgan fingerprint density at radius 1 is 1.36 bits per heavy atom. The predicted molar refractivity (Wildman–Crippen MR) is 100 cm³/mol. The smallest absolute Gasteiger partial charge is 0.273 e. The number of fused-ring (bicyclic) bond motifs is 1. The molecule has 25 heavy (non-hydrogen) atoms. The molecule has 3 aromatic rings. The number of carbonyl (C=O) groups excluding carboxylic acids is 1. The molecule has 0 radical (unpaired) electrons. The maximum atomic E-state index is 12.5. The molecular formula is C18H16ClN3O2S. The number of thiophene rings is 1. The van der Waals surface area contributed by atoms with Crippen molar-refractivity contribution in [2.45, 2.75) is 12.6 Å². The molecule has 1 amide bonds. The zero-order chi connectivity index (χ0) is 17.4. The van der Waals surface area contributed by atoms with E-state index in [1.54, 1.807) is 22.4 Å². The second-order valence-corrected chi connectivity index (χ2v) is 7.55. The van der Waals surface area contributed by atoms with E-state index in [-0.39, 0.29) is 5.91 Å². The van der Waals surface area contributed by atoms with E-state index in [2.05, 4.69) is 10.3 Å². The first-order valence-electron chi connectivity index (χ1n) is 7.94. The molecular weight excluding hydrogens is 358 g/mol. The molecule has 0 bridgehead atoms. The monoisotopic (exact) mass is 373 g/mol. The molecule has 7 heteroatoms. The number of pyridine rings is 1. The van der Waals surface area contributed by atoms with Crippen LogP contribution in [0.1, 0.15) is 16.1 Å². The summed E-state index contributed by atoms with van der Waals surface area (Å²) in [5.74, 6) is -0.130. The summed E-state index contributed by atoms with van der Waals surface area (Å²) in [5, 5.41) is 15.3. The van der Waals surface area contributed by atoms with Gasteiger partial charge in [-0.2, -0.15) is 0 Å². The normalized spacial score (nSPS) is 14.6. The molecule has 1 aliphatic heterocycles. The Labute approximate surface area is 153 Å². The van der Waals surface area contributed by atoms with Crippen LogP contribution in [0.25, 0.3) is 10.1 Å². The van der Waals surface area contributed by atoms with Crippen LogP contribution < -0.4 is 5.32 Å². The molecule has 128 valence electrons. The molecule has 2 aromatic heterocycles. The highest BCUT2D eigenvalue weighted by Crippen LogP contribution is 2.32. The third kappa shape index (κ3) is 3.33. The largest absolute Gasteiger partial charge is 0.389 e. The molecule has 2 N–H and O–H groups in total. The third-order valence-electron chi connectivity index (χ3n) is 4.15. The van der Waals surface area contributed by atoms with Crippen LogP contribution in [0.5, 0.6) is 0 Å². The van der Waals surface area contributed by atoms with Gasteiger partial charge in [-0.15, -0.1) is 11.3 Å². The number of anilines is 1. The van der Waals surface area contributed by atoms with Crippen molar-refractivity contribution in [3.8, 4) is 0 Å². The quantitative estimate of drug-likeness (QED) is 0.735. The number of halogens is 1. The number of aliphatic hydroxyl groups is 1. The van der Waals surface area contributed by atoms with Gasteiger partial charge in [0.1, 0.15) is 5.69 Å². The summed E-state index contributed by atoms with van der Waals surface area (Å²) in [6.07, 6.45) is 1.24. The summed E-state index contributed by atoms with van der Waals surface area (Å²) in [6.45, 7) is 1.41. The minimum Gasteiger partial charge on any atom is -0.389 e. The van der Waals surface area contributed by atoms with E-state index in [9.17, 15) is 9.90 Å². The fourth-order valence-corrected chi connectivity index (χ4v) is 3.99. The number of aromatic nitrogens is 1. The van der Waals surface area contributed by atoms with Crippen molar-refractivity contribution < 1.29 is 9.90 Å². The van der Waals surface area contributed by atoms with Crippen LogP contribution in [0.15, 0.2) is 42.6 Å².